The molecule has 0 radical (unpaired) electrons. The van der Waals surface area contributed by atoms with Crippen molar-refractivity contribution in [3.8, 4) is 0 Å². The van der Waals surface area contributed by atoms with Crippen molar-refractivity contribution in [2.24, 2.45) is 5.92 Å². The average Bonchev–Trinajstić information content (AvgIpc) is 2.39. The molecule has 114 valence electrons. The van der Waals surface area contributed by atoms with Crippen LogP contribution in [0.4, 0.5) is 0 Å². The van der Waals surface area contributed by atoms with E-state index in [1.807, 2.05) is 0 Å². The third-order valence-electron chi connectivity index (χ3n) is 3.84. The van der Waals surface area contributed by atoms with Crippen LogP contribution >= 0.6 is 0 Å². The van der Waals surface area contributed by atoms with Gasteiger partial charge >= 0.3 is 5.97 Å². The molecule has 19 heavy (non-hydrogen) atoms. The van der Waals surface area contributed by atoms with Gasteiger partial charge in [0.15, 0.2) is 0 Å². The van der Waals surface area contributed by atoms with Gasteiger partial charge in [0.2, 0.25) is 0 Å². The second-order valence-electron chi connectivity index (χ2n) is 5.82. The molecule has 0 spiro atoms. The average molecular weight is 270 g/mol. The fourth-order valence-corrected chi connectivity index (χ4v) is 2.25. The predicted octanol–water partition coefficient (Wildman–Crippen LogP) is 5.50. The predicted molar refractivity (Wildman–Crippen MR) is 82.3 cm³/mol. The van der Waals surface area contributed by atoms with E-state index in [1.54, 1.807) is 0 Å². The summed E-state index contributed by atoms with van der Waals surface area (Å²) in [6, 6.07) is 0. The Hall–Kier alpha value is -0.530. The molecule has 0 N–H and O–H groups in total. The number of ether oxygens (including phenoxy) is 1. The molecule has 0 aromatic carbocycles. The van der Waals surface area contributed by atoms with Crippen molar-refractivity contribution in [3.63, 3.8) is 0 Å². The number of rotatable bonds is 13. The number of carbonyl (C=O) groups is 1. The SMILES string of the molecule is CC[C@H](C)CCCCCCCCCCCOC(C)=O. The highest BCUT2D eigenvalue weighted by Crippen LogP contribution is 2.14. The molecule has 0 aliphatic carbocycles. The van der Waals surface area contributed by atoms with Crippen molar-refractivity contribution in [2.45, 2.75) is 91.4 Å². The molecule has 0 aromatic heterocycles. The number of hydrogen-bond acceptors (Lipinski definition) is 2. The molecule has 0 aliphatic heterocycles. The van der Waals surface area contributed by atoms with E-state index < -0.39 is 0 Å². The molecule has 1 atom stereocenters. The number of esters is 1. The molecule has 0 rings (SSSR count). The largest absolute Gasteiger partial charge is 0.466 e. The van der Waals surface area contributed by atoms with Crippen LogP contribution in [0.15, 0.2) is 0 Å². The third kappa shape index (κ3) is 15.4. The molecular weight excluding hydrogens is 236 g/mol. The fraction of sp³-hybridized carbons (Fsp3) is 0.941. The van der Waals surface area contributed by atoms with Crippen LogP contribution in [0.5, 0.6) is 0 Å². The lowest BCUT2D eigenvalue weighted by Crippen LogP contribution is -2.00. The minimum atomic E-state index is -0.155. The minimum absolute atomic E-state index is 0.155. The van der Waals surface area contributed by atoms with Crippen molar-refractivity contribution in [2.75, 3.05) is 6.61 Å². The van der Waals surface area contributed by atoms with Crippen molar-refractivity contribution in [1.29, 1.82) is 0 Å². The van der Waals surface area contributed by atoms with Crippen molar-refractivity contribution in [3.05, 3.63) is 0 Å². The maximum Gasteiger partial charge on any atom is 0.302 e. The first-order chi connectivity index (χ1) is 9.16. The molecule has 0 bridgehead atoms. The van der Waals surface area contributed by atoms with Gasteiger partial charge in [0.25, 0.3) is 0 Å². The van der Waals surface area contributed by atoms with E-state index in [1.165, 1.54) is 71.1 Å². The van der Waals surface area contributed by atoms with E-state index in [-0.39, 0.29) is 5.97 Å². The van der Waals surface area contributed by atoms with Gasteiger partial charge in [-0.15, -0.1) is 0 Å². The Balaban J connectivity index is 3.01. The molecule has 2 heteroatoms. The molecule has 0 aromatic rings. The first-order valence-corrected chi connectivity index (χ1v) is 8.30. The Morgan fingerprint density at radius 1 is 0.895 bits per heavy atom. The Morgan fingerprint density at radius 3 is 1.84 bits per heavy atom. The summed E-state index contributed by atoms with van der Waals surface area (Å²) < 4.78 is 4.90. The van der Waals surface area contributed by atoms with Crippen LogP contribution < -0.4 is 0 Å². The van der Waals surface area contributed by atoms with Crippen molar-refractivity contribution in [1.82, 2.24) is 0 Å². The topological polar surface area (TPSA) is 26.3 Å². The normalized spacial score (nSPS) is 12.4. The number of carbonyl (C=O) groups excluding carboxylic acids is 1. The Kier molecular flexibility index (Phi) is 13.5. The third-order valence-corrected chi connectivity index (χ3v) is 3.84. The standard InChI is InChI=1S/C17H34O2/c1-4-16(2)14-12-10-8-6-5-7-9-11-13-15-19-17(3)18/h16H,4-15H2,1-3H3/t16-/m0/s1. The van der Waals surface area contributed by atoms with Crippen LogP contribution in [0.3, 0.4) is 0 Å². The van der Waals surface area contributed by atoms with Gasteiger partial charge in [-0.3, -0.25) is 4.79 Å². The molecule has 0 saturated heterocycles. The molecule has 0 amide bonds. The minimum Gasteiger partial charge on any atom is -0.466 e. The molecule has 0 fully saturated rings. The van der Waals surface area contributed by atoms with Crippen molar-refractivity contribution >= 4 is 5.97 Å². The van der Waals surface area contributed by atoms with Gasteiger partial charge in [-0.2, -0.15) is 0 Å². The van der Waals surface area contributed by atoms with Crippen LogP contribution in [-0.2, 0) is 9.53 Å². The van der Waals surface area contributed by atoms with Gasteiger partial charge in [-0.25, -0.2) is 0 Å². The summed E-state index contributed by atoms with van der Waals surface area (Å²) in [6.07, 6.45) is 14.6. The van der Waals surface area contributed by atoms with Crippen LogP contribution in [0, 0.1) is 5.92 Å². The fourth-order valence-electron chi connectivity index (χ4n) is 2.25. The van der Waals surface area contributed by atoms with E-state index in [0.717, 1.165) is 12.3 Å². The highest BCUT2D eigenvalue weighted by Gasteiger charge is 1.98. The van der Waals surface area contributed by atoms with Gasteiger partial charge in [0.1, 0.15) is 0 Å². The Labute approximate surface area is 120 Å². The lowest BCUT2D eigenvalue weighted by atomic mass is 9.99. The summed E-state index contributed by atoms with van der Waals surface area (Å²) in [5.74, 6) is 0.759. The smallest absolute Gasteiger partial charge is 0.302 e. The zero-order valence-electron chi connectivity index (χ0n) is 13.4. The second-order valence-corrected chi connectivity index (χ2v) is 5.82. The van der Waals surface area contributed by atoms with E-state index in [0.29, 0.717) is 6.61 Å². The molecule has 2 nitrogen and oxygen atoms in total. The van der Waals surface area contributed by atoms with Gasteiger partial charge in [0, 0.05) is 6.92 Å². The molecule has 0 saturated carbocycles. The monoisotopic (exact) mass is 270 g/mol. The lowest BCUT2D eigenvalue weighted by molar-refractivity contribution is -0.141. The Morgan fingerprint density at radius 2 is 1.37 bits per heavy atom. The van der Waals surface area contributed by atoms with Gasteiger partial charge < -0.3 is 4.74 Å². The zero-order valence-corrected chi connectivity index (χ0v) is 13.4. The first kappa shape index (κ1) is 18.5. The van der Waals surface area contributed by atoms with Gasteiger partial charge in [0.05, 0.1) is 6.61 Å². The lowest BCUT2D eigenvalue weighted by Gasteiger charge is -2.07. The highest BCUT2D eigenvalue weighted by molar-refractivity contribution is 5.65. The summed E-state index contributed by atoms with van der Waals surface area (Å²) in [5.41, 5.74) is 0. The van der Waals surface area contributed by atoms with Crippen molar-refractivity contribution < 1.29 is 9.53 Å². The van der Waals surface area contributed by atoms with Crippen LogP contribution in [-0.4, -0.2) is 12.6 Å². The van der Waals surface area contributed by atoms with Crippen LogP contribution in [0.25, 0.3) is 0 Å². The van der Waals surface area contributed by atoms with E-state index in [9.17, 15) is 4.79 Å². The van der Waals surface area contributed by atoms with E-state index in [4.69, 9.17) is 4.74 Å². The summed E-state index contributed by atoms with van der Waals surface area (Å²) in [7, 11) is 0. The zero-order chi connectivity index (χ0) is 14.3. The molecule has 0 aliphatic rings. The molecular formula is C17H34O2. The number of unbranched alkanes of at least 4 members (excludes halogenated alkanes) is 8. The summed E-state index contributed by atoms with van der Waals surface area (Å²) in [5, 5.41) is 0. The quantitative estimate of drug-likeness (QED) is 0.326. The summed E-state index contributed by atoms with van der Waals surface area (Å²) in [4.78, 5) is 10.5. The summed E-state index contributed by atoms with van der Waals surface area (Å²) in [6.45, 7) is 6.72. The van der Waals surface area contributed by atoms with Gasteiger partial charge in [-0.1, -0.05) is 78.1 Å². The molecule has 0 unspecified atom stereocenters. The van der Waals surface area contributed by atoms with Crippen LogP contribution in [0.2, 0.25) is 0 Å². The number of hydrogen-bond donors (Lipinski definition) is 0. The maximum absolute atomic E-state index is 10.5. The summed E-state index contributed by atoms with van der Waals surface area (Å²) >= 11 is 0. The van der Waals surface area contributed by atoms with Crippen LogP contribution in [0.1, 0.15) is 91.4 Å². The van der Waals surface area contributed by atoms with E-state index >= 15 is 0 Å². The maximum atomic E-state index is 10.5. The first-order valence-electron chi connectivity index (χ1n) is 8.30. The Bertz CT molecular complexity index is 201. The van der Waals surface area contributed by atoms with Gasteiger partial charge in [-0.05, 0) is 12.3 Å². The molecule has 0 heterocycles. The highest BCUT2D eigenvalue weighted by atomic mass is 16.5. The second kappa shape index (κ2) is 13.9. The van der Waals surface area contributed by atoms with E-state index in [2.05, 4.69) is 13.8 Å².